The van der Waals surface area contributed by atoms with E-state index in [1.165, 1.54) is 17.0 Å². The van der Waals surface area contributed by atoms with E-state index in [4.69, 9.17) is 23.2 Å². The van der Waals surface area contributed by atoms with E-state index in [0.29, 0.717) is 21.3 Å². The van der Waals surface area contributed by atoms with E-state index in [9.17, 15) is 18.0 Å². The molecular weight excluding hydrogens is 581 g/mol. The highest BCUT2D eigenvalue weighted by Gasteiger charge is 2.34. The van der Waals surface area contributed by atoms with Crippen molar-refractivity contribution in [3.8, 4) is 0 Å². The fourth-order valence-corrected chi connectivity index (χ4v) is 6.90. The Balaban J connectivity index is 1.73. The van der Waals surface area contributed by atoms with E-state index >= 15 is 0 Å². The van der Waals surface area contributed by atoms with Gasteiger partial charge in [-0.2, -0.15) is 0 Å². The van der Waals surface area contributed by atoms with Crippen LogP contribution in [0.15, 0.2) is 71.6 Å². The van der Waals surface area contributed by atoms with Crippen molar-refractivity contribution in [3.63, 3.8) is 0 Å². The monoisotopic (exact) mass is 615 g/mol. The molecule has 2 amide bonds. The zero-order chi connectivity index (χ0) is 29.7. The molecule has 3 aromatic carbocycles. The molecule has 0 aliphatic heterocycles. The lowest BCUT2D eigenvalue weighted by Crippen LogP contribution is -2.52. The molecule has 0 unspecified atom stereocenters. The smallest absolute Gasteiger partial charge is 0.264 e. The van der Waals surface area contributed by atoms with Gasteiger partial charge in [-0.15, -0.1) is 0 Å². The molecule has 1 fully saturated rings. The SMILES string of the molecule is Cc1ccc(N(CC(=O)N(Cc2c(Cl)cccc2Cl)[C@H](C)C(=O)NC2CCCC2)S(=O)(=O)c2ccccc2)cc1C. The quantitative estimate of drug-likeness (QED) is 0.291. The van der Waals surface area contributed by atoms with Gasteiger partial charge in [-0.05, 0) is 81.1 Å². The zero-order valence-corrected chi connectivity index (χ0v) is 25.8. The molecule has 218 valence electrons. The van der Waals surface area contributed by atoms with Crippen LogP contribution in [0.2, 0.25) is 10.0 Å². The molecule has 1 aliphatic rings. The molecular formula is C31H35Cl2N3O4S. The molecule has 0 bridgehead atoms. The minimum atomic E-state index is -4.13. The van der Waals surface area contributed by atoms with Gasteiger partial charge in [0, 0.05) is 28.2 Å². The number of carbonyl (C=O) groups is 2. The molecule has 0 spiro atoms. The molecule has 10 heteroatoms. The summed E-state index contributed by atoms with van der Waals surface area (Å²) >= 11 is 12.9. The molecule has 1 aliphatic carbocycles. The van der Waals surface area contributed by atoms with Crippen LogP contribution in [0.5, 0.6) is 0 Å². The van der Waals surface area contributed by atoms with E-state index in [0.717, 1.165) is 41.1 Å². The number of halogens is 2. The van der Waals surface area contributed by atoms with Crippen LogP contribution in [0.25, 0.3) is 0 Å². The second-order valence-corrected chi connectivity index (χ2v) is 13.2. The summed E-state index contributed by atoms with van der Waals surface area (Å²) in [5.74, 6) is -0.870. The van der Waals surface area contributed by atoms with Crippen LogP contribution in [0.4, 0.5) is 5.69 Å². The van der Waals surface area contributed by atoms with E-state index in [1.54, 1.807) is 55.5 Å². The van der Waals surface area contributed by atoms with Gasteiger partial charge in [-0.3, -0.25) is 13.9 Å². The summed E-state index contributed by atoms with van der Waals surface area (Å²) in [5.41, 5.74) is 2.70. The standard InChI is InChI=1S/C31H35Cl2N3O4S/c1-21-16-17-25(18-22(21)2)36(41(39,40)26-12-5-4-6-13-26)20-30(37)35(19-27-28(32)14-9-15-29(27)33)23(3)31(38)34-24-10-7-8-11-24/h4-6,9,12-18,23-24H,7-8,10-11,19-20H2,1-3H3,(H,34,38)/t23-/m1/s1. The average Bonchev–Trinajstić information content (AvgIpc) is 3.46. The first-order valence-corrected chi connectivity index (χ1v) is 15.9. The number of nitrogens with one attached hydrogen (secondary N) is 1. The highest BCUT2D eigenvalue weighted by atomic mass is 35.5. The third kappa shape index (κ3) is 7.23. The van der Waals surface area contributed by atoms with Crippen LogP contribution in [-0.4, -0.2) is 43.8 Å². The molecule has 41 heavy (non-hydrogen) atoms. The van der Waals surface area contributed by atoms with Crippen molar-refractivity contribution in [2.75, 3.05) is 10.8 Å². The van der Waals surface area contributed by atoms with Gasteiger partial charge in [0.1, 0.15) is 12.6 Å². The second-order valence-electron chi connectivity index (χ2n) is 10.5. The van der Waals surface area contributed by atoms with Crippen LogP contribution < -0.4 is 9.62 Å². The molecule has 3 aromatic rings. The Labute approximate surface area is 252 Å². The number of hydrogen-bond acceptors (Lipinski definition) is 4. The first-order valence-electron chi connectivity index (χ1n) is 13.7. The van der Waals surface area contributed by atoms with Crippen LogP contribution in [0.1, 0.15) is 49.3 Å². The van der Waals surface area contributed by atoms with Crippen molar-refractivity contribution in [1.29, 1.82) is 0 Å². The van der Waals surface area contributed by atoms with E-state index in [2.05, 4.69) is 5.32 Å². The van der Waals surface area contributed by atoms with Crippen LogP contribution in [0, 0.1) is 13.8 Å². The van der Waals surface area contributed by atoms with Crippen LogP contribution in [0.3, 0.4) is 0 Å². The maximum absolute atomic E-state index is 14.1. The van der Waals surface area contributed by atoms with E-state index in [-0.39, 0.29) is 23.4 Å². The Bertz CT molecular complexity index is 1490. The van der Waals surface area contributed by atoms with E-state index < -0.39 is 28.5 Å². The minimum Gasteiger partial charge on any atom is -0.352 e. The fourth-order valence-electron chi connectivity index (χ4n) is 4.96. The summed E-state index contributed by atoms with van der Waals surface area (Å²) in [4.78, 5) is 28.9. The highest BCUT2D eigenvalue weighted by Crippen LogP contribution is 2.29. The number of amides is 2. The number of anilines is 1. The zero-order valence-electron chi connectivity index (χ0n) is 23.4. The summed E-state index contributed by atoms with van der Waals surface area (Å²) in [5, 5.41) is 3.75. The number of rotatable bonds is 10. The lowest BCUT2D eigenvalue weighted by Gasteiger charge is -2.33. The molecule has 4 rings (SSSR count). The van der Waals surface area contributed by atoms with Gasteiger partial charge in [0.2, 0.25) is 11.8 Å². The van der Waals surface area contributed by atoms with E-state index in [1.807, 2.05) is 19.9 Å². The van der Waals surface area contributed by atoms with Gasteiger partial charge in [-0.1, -0.05) is 66.4 Å². The molecule has 0 radical (unpaired) electrons. The molecule has 0 heterocycles. The number of hydrogen-bond donors (Lipinski definition) is 1. The molecule has 0 saturated heterocycles. The summed E-state index contributed by atoms with van der Waals surface area (Å²) in [6.07, 6.45) is 3.86. The Morgan fingerprint density at radius 1 is 0.927 bits per heavy atom. The number of benzene rings is 3. The van der Waals surface area contributed by atoms with Crippen molar-refractivity contribution in [3.05, 3.63) is 93.5 Å². The van der Waals surface area contributed by atoms with Gasteiger partial charge in [0.05, 0.1) is 10.6 Å². The Morgan fingerprint density at radius 3 is 2.17 bits per heavy atom. The Kier molecular flexibility index (Phi) is 10.00. The van der Waals surface area contributed by atoms with Gasteiger partial charge < -0.3 is 10.2 Å². The Hall–Kier alpha value is -3.07. The van der Waals surface area contributed by atoms with Crippen LogP contribution in [-0.2, 0) is 26.2 Å². The van der Waals surface area contributed by atoms with Gasteiger partial charge >= 0.3 is 0 Å². The maximum Gasteiger partial charge on any atom is 0.264 e. The highest BCUT2D eigenvalue weighted by molar-refractivity contribution is 7.92. The number of carbonyl (C=O) groups excluding carboxylic acids is 2. The lowest BCUT2D eigenvalue weighted by atomic mass is 10.1. The first kappa shape index (κ1) is 30.9. The Morgan fingerprint density at radius 2 is 1.56 bits per heavy atom. The van der Waals surface area contributed by atoms with Gasteiger partial charge in [-0.25, -0.2) is 8.42 Å². The van der Waals surface area contributed by atoms with Gasteiger partial charge in [0.25, 0.3) is 10.0 Å². The topological polar surface area (TPSA) is 86.8 Å². The molecule has 1 atom stereocenters. The fraction of sp³-hybridized carbons (Fsp3) is 0.355. The molecule has 1 saturated carbocycles. The van der Waals surface area contributed by atoms with Crippen molar-refractivity contribution in [2.24, 2.45) is 0 Å². The molecule has 1 N–H and O–H groups in total. The summed E-state index contributed by atoms with van der Waals surface area (Å²) in [6, 6.07) is 17.4. The first-order chi connectivity index (χ1) is 19.5. The predicted molar refractivity (Wildman–Crippen MR) is 164 cm³/mol. The number of aryl methyl sites for hydroxylation is 2. The molecule has 7 nitrogen and oxygen atoms in total. The third-order valence-corrected chi connectivity index (χ3v) is 10.1. The minimum absolute atomic E-state index is 0.0521. The number of nitrogens with zero attached hydrogens (tertiary/aromatic N) is 2. The second kappa shape index (κ2) is 13.3. The average molecular weight is 617 g/mol. The lowest BCUT2D eigenvalue weighted by molar-refractivity contribution is -0.139. The van der Waals surface area contributed by atoms with Crippen molar-refractivity contribution in [2.45, 2.75) is 70.0 Å². The summed E-state index contributed by atoms with van der Waals surface area (Å²) < 4.78 is 28.9. The van der Waals surface area contributed by atoms with Crippen LogP contribution >= 0.6 is 23.2 Å². The largest absolute Gasteiger partial charge is 0.352 e. The summed E-state index contributed by atoms with van der Waals surface area (Å²) in [7, 11) is -4.13. The van der Waals surface area contributed by atoms with Crippen molar-refractivity contribution in [1.82, 2.24) is 10.2 Å². The normalized spacial score (nSPS) is 14.5. The maximum atomic E-state index is 14.1. The summed E-state index contributed by atoms with van der Waals surface area (Å²) in [6.45, 7) is 4.86. The van der Waals surface area contributed by atoms with Crippen molar-refractivity contribution >= 4 is 50.7 Å². The number of sulfonamides is 1. The van der Waals surface area contributed by atoms with Crippen molar-refractivity contribution < 1.29 is 18.0 Å². The predicted octanol–water partition coefficient (Wildman–Crippen LogP) is 6.28. The third-order valence-electron chi connectivity index (χ3n) is 7.65. The molecule has 0 aromatic heterocycles. The van der Waals surface area contributed by atoms with Gasteiger partial charge in [0.15, 0.2) is 0 Å².